The van der Waals surface area contributed by atoms with E-state index in [9.17, 15) is 18.7 Å². The maximum absolute atomic E-state index is 13.2. The van der Waals surface area contributed by atoms with Crippen molar-refractivity contribution >= 4 is 11.8 Å². The number of benzene rings is 1. The van der Waals surface area contributed by atoms with Crippen LogP contribution in [0.25, 0.3) is 0 Å². The van der Waals surface area contributed by atoms with Gasteiger partial charge in [-0.25, -0.2) is 8.78 Å². The third-order valence-electron chi connectivity index (χ3n) is 1.88. The van der Waals surface area contributed by atoms with Gasteiger partial charge in [0.1, 0.15) is 17.7 Å². The molecule has 15 heavy (non-hydrogen) atoms. The Balaban J connectivity index is 3.17. The fraction of sp³-hybridized carbons (Fsp3) is 0.300. The first-order valence-corrected chi connectivity index (χ1v) is 4.38. The Bertz CT molecular complexity index is 380. The van der Waals surface area contributed by atoms with Crippen LogP contribution in [-0.4, -0.2) is 12.1 Å². The number of anilines is 1. The number of carbonyl (C=O) groups is 1. The summed E-state index contributed by atoms with van der Waals surface area (Å²) in [5.41, 5.74) is -0.202. The molecule has 0 fully saturated rings. The normalized spacial score (nSPS) is 10.5. The third kappa shape index (κ3) is 2.43. The Morgan fingerprint density at radius 2 is 2.00 bits per heavy atom. The van der Waals surface area contributed by atoms with Gasteiger partial charge in [0.25, 0.3) is 0 Å². The molecule has 5 heteroatoms. The lowest BCUT2D eigenvalue weighted by molar-refractivity contribution is -0.247. The number of nitrogens with zero attached hydrogens (tertiary/aromatic N) is 1. The zero-order valence-corrected chi connectivity index (χ0v) is 8.33. The monoisotopic (exact) mass is 214 g/mol. The highest BCUT2D eigenvalue weighted by molar-refractivity contribution is 5.85. The predicted octanol–water partition coefficient (Wildman–Crippen LogP) is 1.52. The van der Waals surface area contributed by atoms with Gasteiger partial charge in [-0.2, -0.15) is 0 Å². The van der Waals surface area contributed by atoms with Crippen LogP contribution in [0.1, 0.15) is 13.8 Å². The summed E-state index contributed by atoms with van der Waals surface area (Å²) < 4.78 is 25.8. The van der Waals surface area contributed by atoms with Crippen LogP contribution in [-0.2, 0) is 0 Å². The molecule has 0 saturated heterocycles. The van der Waals surface area contributed by atoms with Gasteiger partial charge in [0.2, 0.25) is 0 Å². The van der Waals surface area contributed by atoms with Crippen LogP contribution < -0.4 is 10.0 Å². The van der Waals surface area contributed by atoms with Gasteiger partial charge < -0.3 is 14.8 Å². The molecule has 0 spiro atoms. The van der Waals surface area contributed by atoms with E-state index in [-0.39, 0.29) is 5.69 Å². The molecule has 1 amide bonds. The fourth-order valence-electron chi connectivity index (χ4n) is 1.26. The second-order valence-electron chi connectivity index (χ2n) is 3.33. The quantitative estimate of drug-likeness (QED) is 0.749. The molecule has 3 nitrogen and oxygen atoms in total. The smallest absolute Gasteiger partial charge is 0.149 e. The molecule has 0 N–H and O–H groups in total. The minimum absolute atomic E-state index is 0.202. The second kappa shape index (κ2) is 4.25. The molecule has 0 bridgehead atoms. The standard InChI is InChI=1S/C10H11F2NO2/c1-6(2)13(10(14)15)9-4-3-7(11)5-8(9)12/h3-6H,1-2H3,(H,14,15)/p-1. The van der Waals surface area contributed by atoms with Crippen LogP contribution in [0.15, 0.2) is 18.2 Å². The molecular weight excluding hydrogens is 204 g/mol. The first kappa shape index (κ1) is 11.4. The highest BCUT2D eigenvalue weighted by Crippen LogP contribution is 2.21. The van der Waals surface area contributed by atoms with E-state index >= 15 is 0 Å². The molecule has 1 aromatic carbocycles. The Morgan fingerprint density at radius 3 is 2.40 bits per heavy atom. The van der Waals surface area contributed by atoms with Gasteiger partial charge in [-0.05, 0) is 26.0 Å². The fourth-order valence-corrected chi connectivity index (χ4v) is 1.26. The van der Waals surface area contributed by atoms with Gasteiger partial charge in [-0.3, -0.25) is 0 Å². The zero-order valence-electron chi connectivity index (χ0n) is 8.33. The van der Waals surface area contributed by atoms with Crippen LogP contribution in [0.5, 0.6) is 0 Å². The van der Waals surface area contributed by atoms with Crippen LogP contribution in [0.3, 0.4) is 0 Å². The van der Waals surface area contributed by atoms with Gasteiger partial charge in [0, 0.05) is 12.1 Å². The lowest BCUT2D eigenvalue weighted by atomic mass is 10.2. The first-order valence-electron chi connectivity index (χ1n) is 4.38. The molecule has 0 aromatic heterocycles. The number of amides is 1. The van der Waals surface area contributed by atoms with Crippen molar-refractivity contribution < 1.29 is 18.7 Å². The molecule has 0 heterocycles. The third-order valence-corrected chi connectivity index (χ3v) is 1.88. The topological polar surface area (TPSA) is 43.4 Å². The van der Waals surface area contributed by atoms with E-state index in [0.29, 0.717) is 6.07 Å². The Labute approximate surface area is 85.9 Å². The summed E-state index contributed by atoms with van der Waals surface area (Å²) in [7, 11) is 0. The van der Waals surface area contributed by atoms with E-state index in [2.05, 4.69) is 0 Å². The van der Waals surface area contributed by atoms with Crippen LogP contribution in [0, 0.1) is 11.6 Å². The number of rotatable bonds is 2. The molecule has 0 aliphatic rings. The van der Waals surface area contributed by atoms with E-state index in [1.165, 1.54) is 0 Å². The second-order valence-corrected chi connectivity index (χ2v) is 3.33. The van der Waals surface area contributed by atoms with Crippen molar-refractivity contribution in [2.24, 2.45) is 0 Å². The van der Waals surface area contributed by atoms with Crippen molar-refractivity contribution in [2.75, 3.05) is 4.90 Å². The zero-order chi connectivity index (χ0) is 11.6. The Hall–Kier alpha value is -1.65. The maximum Gasteiger partial charge on any atom is 0.149 e. The van der Waals surface area contributed by atoms with Crippen LogP contribution in [0.2, 0.25) is 0 Å². The Kier molecular flexibility index (Phi) is 3.24. The average molecular weight is 214 g/mol. The van der Waals surface area contributed by atoms with Crippen molar-refractivity contribution in [2.45, 2.75) is 19.9 Å². The predicted molar refractivity (Wildman–Crippen MR) is 49.4 cm³/mol. The summed E-state index contributed by atoms with van der Waals surface area (Å²) >= 11 is 0. The van der Waals surface area contributed by atoms with E-state index < -0.39 is 23.8 Å². The van der Waals surface area contributed by atoms with Gasteiger partial charge in [-0.15, -0.1) is 0 Å². The number of carboxylic acid groups (broad SMARTS) is 1. The van der Waals surface area contributed by atoms with E-state index in [4.69, 9.17) is 0 Å². The number of hydrogen-bond acceptors (Lipinski definition) is 2. The molecule has 0 atom stereocenters. The molecule has 0 saturated carbocycles. The number of hydrogen-bond donors (Lipinski definition) is 0. The van der Waals surface area contributed by atoms with Gasteiger partial charge in [0.05, 0.1) is 5.69 Å². The van der Waals surface area contributed by atoms with Crippen molar-refractivity contribution in [3.63, 3.8) is 0 Å². The molecule has 1 rings (SSSR count). The van der Waals surface area contributed by atoms with E-state index in [0.717, 1.165) is 17.0 Å². The number of halogens is 2. The van der Waals surface area contributed by atoms with Gasteiger partial charge in [-0.1, -0.05) is 0 Å². The molecule has 0 aliphatic heterocycles. The summed E-state index contributed by atoms with van der Waals surface area (Å²) in [5.74, 6) is -1.67. The van der Waals surface area contributed by atoms with Crippen molar-refractivity contribution in [1.82, 2.24) is 0 Å². The average Bonchev–Trinajstić information content (AvgIpc) is 2.08. The number of carbonyl (C=O) groups excluding carboxylic acids is 1. The summed E-state index contributed by atoms with van der Waals surface area (Å²) in [4.78, 5) is 11.5. The summed E-state index contributed by atoms with van der Waals surface area (Å²) in [6, 6.07) is 2.22. The summed E-state index contributed by atoms with van der Waals surface area (Å²) in [5, 5.41) is 10.7. The van der Waals surface area contributed by atoms with Crippen molar-refractivity contribution in [3.05, 3.63) is 29.8 Å². The van der Waals surface area contributed by atoms with Crippen molar-refractivity contribution in [3.8, 4) is 0 Å². The lowest BCUT2D eigenvalue weighted by Crippen LogP contribution is -2.45. The molecule has 1 aromatic rings. The van der Waals surface area contributed by atoms with E-state index in [1.807, 2.05) is 0 Å². The minimum Gasteiger partial charge on any atom is -0.530 e. The largest absolute Gasteiger partial charge is 0.530 e. The minimum atomic E-state index is -1.52. The Morgan fingerprint density at radius 1 is 1.40 bits per heavy atom. The first-order chi connectivity index (χ1) is 6.93. The van der Waals surface area contributed by atoms with Crippen molar-refractivity contribution in [1.29, 1.82) is 0 Å². The summed E-state index contributed by atoms with van der Waals surface area (Å²) in [6.07, 6.45) is -1.52. The highest BCUT2D eigenvalue weighted by atomic mass is 19.1. The van der Waals surface area contributed by atoms with Gasteiger partial charge in [0.15, 0.2) is 0 Å². The molecule has 0 radical (unpaired) electrons. The van der Waals surface area contributed by atoms with Crippen LogP contribution in [0.4, 0.5) is 19.3 Å². The van der Waals surface area contributed by atoms with E-state index in [1.54, 1.807) is 13.8 Å². The maximum atomic E-state index is 13.2. The van der Waals surface area contributed by atoms with Gasteiger partial charge >= 0.3 is 0 Å². The SMILES string of the molecule is CC(C)N(C(=O)[O-])c1ccc(F)cc1F. The van der Waals surface area contributed by atoms with Crippen LogP contribution >= 0.6 is 0 Å². The highest BCUT2D eigenvalue weighted by Gasteiger charge is 2.16. The molecule has 0 aliphatic carbocycles. The summed E-state index contributed by atoms with van der Waals surface area (Å²) in [6.45, 7) is 3.14. The lowest BCUT2D eigenvalue weighted by Gasteiger charge is -2.29. The molecule has 82 valence electrons. The molecule has 0 unspecified atom stereocenters. The molecular formula is C10H10F2NO2-.